The van der Waals surface area contributed by atoms with Gasteiger partial charge in [0.2, 0.25) is 0 Å². The zero-order valence-electron chi connectivity index (χ0n) is 15.4. The van der Waals surface area contributed by atoms with E-state index in [2.05, 4.69) is 41.5 Å². The van der Waals surface area contributed by atoms with E-state index in [1.165, 1.54) is 38.5 Å². The van der Waals surface area contributed by atoms with Crippen molar-refractivity contribution in [3.8, 4) is 0 Å². The van der Waals surface area contributed by atoms with Crippen molar-refractivity contribution in [2.24, 2.45) is 23.7 Å². The second-order valence-electron chi connectivity index (χ2n) is 8.07. The molecule has 0 nitrogen and oxygen atoms in total. The van der Waals surface area contributed by atoms with E-state index in [9.17, 15) is 0 Å². The molecule has 0 unspecified atom stereocenters. The van der Waals surface area contributed by atoms with Crippen molar-refractivity contribution < 1.29 is 0 Å². The van der Waals surface area contributed by atoms with Gasteiger partial charge in [-0.1, -0.05) is 0 Å². The first-order valence-corrected chi connectivity index (χ1v) is 15.2. The van der Waals surface area contributed by atoms with Crippen LogP contribution in [0.25, 0.3) is 0 Å². The van der Waals surface area contributed by atoms with Crippen LogP contribution in [0.3, 0.4) is 0 Å². The molecule has 2 heteroatoms. The summed E-state index contributed by atoms with van der Waals surface area (Å²) in [5.74, 6) is 3.42. The van der Waals surface area contributed by atoms with Gasteiger partial charge in [0.1, 0.15) is 0 Å². The van der Waals surface area contributed by atoms with E-state index in [1.807, 2.05) is 20.1 Å². The Kier molecular flexibility index (Phi) is 7.34. The van der Waals surface area contributed by atoms with E-state index >= 15 is 0 Å². The fraction of sp³-hybridized carbons (Fsp3) is 0.800. The molecule has 0 radical (unpaired) electrons. The van der Waals surface area contributed by atoms with Crippen molar-refractivity contribution in [1.82, 2.24) is 0 Å². The van der Waals surface area contributed by atoms with Gasteiger partial charge >= 0.3 is 150 Å². The van der Waals surface area contributed by atoms with Gasteiger partial charge in [-0.15, -0.1) is 0 Å². The Balaban J connectivity index is 2.12. The van der Waals surface area contributed by atoms with Crippen molar-refractivity contribution in [3.05, 3.63) is 20.1 Å². The van der Waals surface area contributed by atoms with Gasteiger partial charge in [-0.05, 0) is 0 Å². The molecule has 22 heavy (non-hydrogen) atoms. The molecule has 0 saturated carbocycles. The summed E-state index contributed by atoms with van der Waals surface area (Å²) < 4.78 is 3.82. The molecular formula is C20H34Se2. The number of rotatable bonds is 5. The van der Waals surface area contributed by atoms with Crippen molar-refractivity contribution in [2.75, 3.05) is 0 Å². The predicted molar refractivity (Wildman–Crippen MR) is 101 cm³/mol. The fourth-order valence-electron chi connectivity index (χ4n) is 3.68. The van der Waals surface area contributed by atoms with Gasteiger partial charge in [0, 0.05) is 0 Å². The average Bonchev–Trinajstić information content (AvgIpc) is 2.44. The summed E-state index contributed by atoms with van der Waals surface area (Å²) in [7, 11) is 0. The molecule has 0 aromatic carbocycles. The van der Waals surface area contributed by atoms with Crippen molar-refractivity contribution in [2.45, 2.75) is 80.1 Å². The van der Waals surface area contributed by atoms with Gasteiger partial charge in [0.25, 0.3) is 0 Å². The molecule has 2 rings (SSSR count). The molecule has 0 saturated heterocycles. The maximum atomic E-state index is 2.46. The Labute approximate surface area is 149 Å². The van der Waals surface area contributed by atoms with E-state index < -0.39 is 0 Å². The van der Waals surface area contributed by atoms with E-state index in [-0.39, 0.29) is 0 Å². The van der Waals surface area contributed by atoms with E-state index in [4.69, 9.17) is 0 Å². The molecule has 2 aliphatic carbocycles. The minimum atomic E-state index is 0.772. The standard InChI is InChI=1S/C20H34Se2/c1-13(2)17-9-7-15(5)11-19(17)21-22-20-12-16(6)8-10-18(20)14(3)4/h13-16H,7-12H2,1-6H3/t15-,16-/m1/s1. The first-order valence-electron chi connectivity index (χ1n) is 9.16. The molecule has 0 aliphatic heterocycles. The zero-order chi connectivity index (χ0) is 16.3. The SMILES string of the molecule is CC(C)C1=C([Se][Se]C2=C(C(C)C)CC[C@@H](C)C2)C[C@H](C)CC1. The van der Waals surface area contributed by atoms with E-state index in [0.717, 1.165) is 49.9 Å². The molecule has 0 aromatic rings. The molecule has 0 heterocycles. The first-order chi connectivity index (χ1) is 10.4. The van der Waals surface area contributed by atoms with Gasteiger partial charge < -0.3 is 0 Å². The molecular weight excluding hydrogens is 398 g/mol. The van der Waals surface area contributed by atoms with Gasteiger partial charge in [-0.3, -0.25) is 0 Å². The molecule has 2 atom stereocenters. The number of hydrogen-bond acceptors (Lipinski definition) is 0. The quantitative estimate of drug-likeness (QED) is 0.484. The molecule has 2 aliphatic rings. The summed E-state index contributed by atoms with van der Waals surface area (Å²) in [6.07, 6.45) is 8.45. The van der Waals surface area contributed by atoms with Gasteiger partial charge in [0.05, 0.1) is 0 Å². The van der Waals surface area contributed by atoms with Crippen molar-refractivity contribution in [3.63, 3.8) is 0 Å². The van der Waals surface area contributed by atoms with Crippen LogP contribution in [0.2, 0.25) is 0 Å². The Morgan fingerprint density at radius 1 is 0.727 bits per heavy atom. The van der Waals surface area contributed by atoms with Crippen LogP contribution in [0.1, 0.15) is 80.1 Å². The Hall–Kier alpha value is 0.519. The van der Waals surface area contributed by atoms with Crippen LogP contribution >= 0.6 is 0 Å². The summed E-state index contributed by atoms with van der Waals surface area (Å²) in [4.78, 5) is 0. The predicted octanol–water partition coefficient (Wildman–Crippen LogP) is 5.77. The second kappa shape index (κ2) is 8.57. The van der Waals surface area contributed by atoms with Crippen LogP contribution in [0.4, 0.5) is 0 Å². The zero-order valence-corrected chi connectivity index (χ0v) is 18.8. The van der Waals surface area contributed by atoms with Crippen molar-refractivity contribution >= 4 is 26.3 Å². The molecule has 0 amide bonds. The maximum absolute atomic E-state index is 2.46. The molecule has 0 fully saturated rings. The molecule has 0 aromatic heterocycles. The Morgan fingerprint density at radius 2 is 1.09 bits per heavy atom. The molecule has 0 spiro atoms. The Bertz CT molecular complexity index is 401. The van der Waals surface area contributed by atoms with Crippen LogP contribution in [0, 0.1) is 23.7 Å². The van der Waals surface area contributed by atoms with E-state index in [1.54, 1.807) is 0 Å². The second-order valence-corrected chi connectivity index (χ2v) is 14.5. The third kappa shape index (κ3) is 5.01. The monoisotopic (exact) mass is 434 g/mol. The molecule has 126 valence electrons. The van der Waals surface area contributed by atoms with Gasteiger partial charge in [-0.2, -0.15) is 0 Å². The van der Waals surface area contributed by atoms with Crippen LogP contribution < -0.4 is 0 Å². The third-order valence-corrected chi connectivity index (χ3v) is 13.3. The summed E-state index contributed by atoms with van der Waals surface area (Å²) in [6.45, 7) is 14.6. The van der Waals surface area contributed by atoms with Crippen LogP contribution in [0.15, 0.2) is 20.1 Å². The van der Waals surface area contributed by atoms with Gasteiger partial charge in [-0.25, -0.2) is 0 Å². The molecule has 0 bridgehead atoms. The first kappa shape index (κ1) is 18.9. The topological polar surface area (TPSA) is 0 Å². The van der Waals surface area contributed by atoms with Crippen molar-refractivity contribution in [1.29, 1.82) is 0 Å². The minimum absolute atomic E-state index is 0.772. The number of allylic oxidation sites excluding steroid dienone is 4. The summed E-state index contributed by atoms with van der Waals surface area (Å²) in [5, 5.41) is 0. The van der Waals surface area contributed by atoms with E-state index in [0.29, 0.717) is 0 Å². The summed E-state index contributed by atoms with van der Waals surface area (Å²) in [5.41, 5.74) is 3.69. The Morgan fingerprint density at radius 3 is 1.41 bits per heavy atom. The van der Waals surface area contributed by atoms with Crippen LogP contribution in [0.5, 0.6) is 0 Å². The summed E-state index contributed by atoms with van der Waals surface area (Å²) >= 11 is 1.54. The summed E-state index contributed by atoms with van der Waals surface area (Å²) in [6, 6.07) is 0. The third-order valence-electron chi connectivity index (χ3n) is 5.23. The number of hydrogen-bond donors (Lipinski definition) is 0. The fourth-order valence-corrected chi connectivity index (χ4v) is 13.5. The van der Waals surface area contributed by atoms with Crippen LogP contribution in [-0.2, 0) is 0 Å². The van der Waals surface area contributed by atoms with Crippen LogP contribution in [-0.4, -0.2) is 26.3 Å². The normalized spacial score (nSPS) is 27.3. The average molecular weight is 432 g/mol. The van der Waals surface area contributed by atoms with Gasteiger partial charge in [0.15, 0.2) is 0 Å². The molecule has 0 N–H and O–H groups in total.